The lowest BCUT2D eigenvalue weighted by Gasteiger charge is -2.18. The SMILES string of the molecule is Cc1nc(NCCN)c2c3c(sc2n1)CC(C)CC3. The van der Waals surface area contributed by atoms with Crippen LogP contribution in [0, 0.1) is 12.8 Å². The van der Waals surface area contributed by atoms with Gasteiger partial charge in [0, 0.05) is 18.0 Å². The molecular weight excluding hydrogens is 256 g/mol. The van der Waals surface area contributed by atoms with Gasteiger partial charge in [0.25, 0.3) is 0 Å². The van der Waals surface area contributed by atoms with Gasteiger partial charge in [-0.25, -0.2) is 9.97 Å². The van der Waals surface area contributed by atoms with Gasteiger partial charge in [0.15, 0.2) is 0 Å². The summed E-state index contributed by atoms with van der Waals surface area (Å²) in [5, 5.41) is 4.60. The van der Waals surface area contributed by atoms with Gasteiger partial charge in [-0.2, -0.15) is 0 Å². The Morgan fingerprint density at radius 1 is 1.42 bits per heavy atom. The van der Waals surface area contributed by atoms with E-state index in [-0.39, 0.29) is 0 Å². The average Bonchev–Trinajstić information content (AvgIpc) is 2.72. The van der Waals surface area contributed by atoms with E-state index in [2.05, 4.69) is 22.2 Å². The predicted octanol–water partition coefficient (Wildman–Crippen LogP) is 2.50. The third kappa shape index (κ3) is 2.32. The molecule has 1 aliphatic carbocycles. The van der Waals surface area contributed by atoms with E-state index in [1.807, 2.05) is 18.3 Å². The number of aryl methyl sites for hydroxylation is 2. The molecule has 0 spiro atoms. The molecule has 0 aliphatic heterocycles. The molecular formula is C14H20N4S. The van der Waals surface area contributed by atoms with E-state index < -0.39 is 0 Å². The van der Waals surface area contributed by atoms with Crippen LogP contribution in [0.2, 0.25) is 0 Å². The standard InChI is InChI=1S/C14H20N4S/c1-8-3-4-10-11(7-8)19-14-12(10)13(16-6-5-15)17-9(2)18-14/h8H,3-7,15H2,1-2H3,(H,16,17,18). The van der Waals surface area contributed by atoms with Crippen molar-refractivity contribution < 1.29 is 0 Å². The summed E-state index contributed by atoms with van der Waals surface area (Å²) in [6, 6.07) is 0. The van der Waals surface area contributed by atoms with E-state index >= 15 is 0 Å². The van der Waals surface area contributed by atoms with Gasteiger partial charge in [0.2, 0.25) is 0 Å². The molecule has 0 bridgehead atoms. The first kappa shape index (κ1) is 12.8. The minimum Gasteiger partial charge on any atom is -0.368 e. The average molecular weight is 276 g/mol. The minimum absolute atomic E-state index is 0.619. The summed E-state index contributed by atoms with van der Waals surface area (Å²) in [5.41, 5.74) is 7.06. The second kappa shape index (κ2) is 5.06. The first-order valence-corrected chi connectivity index (χ1v) is 7.73. The number of aromatic nitrogens is 2. The maximum atomic E-state index is 5.59. The molecule has 19 heavy (non-hydrogen) atoms. The Balaban J connectivity index is 2.14. The van der Waals surface area contributed by atoms with Crippen molar-refractivity contribution in [2.45, 2.75) is 33.1 Å². The van der Waals surface area contributed by atoms with E-state index in [1.54, 1.807) is 0 Å². The Morgan fingerprint density at radius 3 is 3.05 bits per heavy atom. The Morgan fingerprint density at radius 2 is 2.26 bits per heavy atom. The van der Waals surface area contributed by atoms with Crippen LogP contribution >= 0.6 is 11.3 Å². The molecule has 2 aromatic heterocycles. The fraction of sp³-hybridized carbons (Fsp3) is 0.571. The Bertz CT molecular complexity index is 605. The monoisotopic (exact) mass is 276 g/mol. The van der Waals surface area contributed by atoms with Crippen LogP contribution < -0.4 is 11.1 Å². The quantitative estimate of drug-likeness (QED) is 0.904. The maximum Gasteiger partial charge on any atom is 0.138 e. The van der Waals surface area contributed by atoms with Gasteiger partial charge in [0.1, 0.15) is 16.5 Å². The van der Waals surface area contributed by atoms with Crippen molar-refractivity contribution in [2.75, 3.05) is 18.4 Å². The lowest BCUT2D eigenvalue weighted by Crippen LogP contribution is -2.15. The highest BCUT2D eigenvalue weighted by molar-refractivity contribution is 7.19. The van der Waals surface area contributed by atoms with Crippen LogP contribution in [-0.2, 0) is 12.8 Å². The second-order valence-corrected chi connectivity index (χ2v) is 6.45. The molecule has 4 nitrogen and oxygen atoms in total. The number of anilines is 1. The summed E-state index contributed by atoms with van der Waals surface area (Å²) in [4.78, 5) is 11.8. The number of hydrogen-bond acceptors (Lipinski definition) is 5. The number of nitrogens with one attached hydrogen (secondary N) is 1. The highest BCUT2D eigenvalue weighted by atomic mass is 32.1. The van der Waals surface area contributed by atoms with Crippen LogP contribution in [0.1, 0.15) is 29.6 Å². The number of nitrogens with two attached hydrogens (primary N) is 1. The van der Waals surface area contributed by atoms with Gasteiger partial charge in [0.05, 0.1) is 5.39 Å². The third-order valence-corrected chi connectivity index (χ3v) is 4.85. The van der Waals surface area contributed by atoms with Crippen LogP contribution in [0.3, 0.4) is 0 Å². The van der Waals surface area contributed by atoms with Crippen molar-refractivity contribution in [3.8, 4) is 0 Å². The van der Waals surface area contributed by atoms with Crippen molar-refractivity contribution >= 4 is 27.4 Å². The molecule has 1 aliphatic rings. The highest BCUT2D eigenvalue weighted by Crippen LogP contribution is 2.39. The molecule has 0 saturated heterocycles. The van der Waals surface area contributed by atoms with E-state index in [0.717, 1.165) is 35.4 Å². The largest absolute Gasteiger partial charge is 0.368 e. The lowest BCUT2D eigenvalue weighted by atomic mass is 9.89. The summed E-state index contributed by atoms with van der Waals surface area (Å²) in [6.07, 6.45) is 3.61. The molecule has 5 heteroatoms. The minimum atomic E-state index is 0.619. The van der Waals surface area contributed by atoms with Crippen LogP contribution in [-0.4, -0.2) is 23.1 Å². The Labute approximate surface area is 117 Å². The molecule has 1 atom stereocenters. The van der Waals surface area contributed by atoms with E-state index in [4.69, 9.17) is 5.73 Å². The van der Waals surface area contributed by atoms with Gasteiger partial charge in [-0.05, 0) is 37.7 Å². The summed E-state index contributed by atoms with van der Waals surface area (Å²) in [5.74, 6) is 2.59. The zero-order chi connectivity index (χ0) is 13.4. The zero-order valence-corrected chi connectivity index (χ0v) is 12.3. The summed E-state index contributed by atoms with van der Waals surface area (Å²) < 4.78 is 0. The Hall–Kier alpha value is -1.20. The number of thiophene rings is 1. The van der Waals surface area contributed by atoms with Crippen LogP contribution in [0.25, 0.3) is 10.2 Å². The Kier molecular flexibility index (Phi) is 3.41. The van der Waals surface area contributed by atoms with Crippen LogP contribution in [0.15, 0.2) is 0 Å². The molecule has 2 aromatic rings. The van der Waals surface area contributed by atoms with Crippen molar-refractivity contribution in [2.24, 2.45) is 11.7 Å². The summed E-state index contributed by atoms with van der Waals surface area (Å²) in [7, 11) is 0. The highest BCUT2D eigenvalue weighted by Gasteiger charge is 2.23. The van der Waals surface area contributed by atoms with Crippen molar-refractivity contribution in [1.82, 2.24) is 9.97 Å². The first-order chi connectivity index (χ1) is 9.19. The number of fused-ring (bicyclic) bond motifs is 3. The maximum absolute atomic E-state index is 5.59. The molecule has 0 saturated carbocycles. The van der Waals surface area contributed by atoms with Crippen LogP contribution in [0.4, 0.5) is 5.82 Å². The lowest BCUT2D eigenvalue weighted by molar-refractivity contribution is 0.509. The molecule has 3 N–H and O–H groups in total. The molecule has 1 unspecified atom stereocenters. The molecule has 0 amide bonds. The third-order valence-electron chi connectivity index (χ3n) is 3.70. The fourth-order valence-corrected chi connectivity index (χ4v) is 4.20. The van der Waals surface area contributed by atoms with Crippen molar-refractivity contribution in [3.63, 3.8) is 0 Å². The molecule has 102 valence electrons. The number of rotatable bonds is 3. The number of nitrogens with zero attached hydrogens (tertiary/aromatic N) is 2. The van der Waals surface area contributed by atoms with Gasteiger partial charge >= 0.3 is 0 Å². The van der Waals surface area contributed by atoms with E-state index in [1.165, 1.54) is 28.7 Å². The van der Waals surface area contributed by atoms with E-state index in [0.29, 0.717) is 6.54 Å². The number of hydrogen-bond donors (Lipinski definition) is 2. The summed E-state index contributed by atoms with van der Waals surface area (Å²) in [6.45, 7) is 5.66. The predicted molar refractivity (Wildman–Crippen MR) is 80.9 cm³/mol. The van der Waals surface area contributed by atoms with Crippen LogP contribution in [0.5, 0.6) is 0 Å². The molecule has 0 radical (unpaired) electrons. The molecule has 3 rings (SSSR count). The van der Waals surface area contributed by atoms with Crippen molar-refractivity contribution in [1.29, 1.82) is 0 Å². The smallest absolute Gasteiger partial charge is 0.138 e. The normalized spacial score (nSPS) is 18.6. The molecule has 0 fully saturated rings. The zero-order valence-electron chi connectivity index (χ0n) is 11.5. The van der Waals surface area contributed by atoms with Gasteiger partial charge in [-0.3, -0.25) is 0 Å². The van der Waals surface area contributed by atoms with E-state index in [9.17, 15) is 0 Å². The summed E-state index contributed by atoms with van der Waals surface area (Å²) >= 11 is 1.84. The first-order valence-electron chi connectivity index (χ1n) is 6.92. The van der Waals surface area contributed by atoms with Gasteiger partial charge in [-0.1, -0.05) is 6.92 Å². The topological polar surface area (TPSA) is 63.8 Å². The van der Waals surface area contributed by atoms with Crippen molar-refractivity contribution in [3.05, 3.63) is 16.3 Å². The van der Waals surface area contributed by atoms with Gasteiger partial charge < -0.3 is 11.1 Å². The van der Waals surface area contributed by atoms with Gasteiger partial charge in [-0.15, -0.1) is 11.3 Å². The second-order valence-electron chi connectivity index (χ2n) is 5.37. The fourth-order valence-electron chi connectivity index (χ4n) is 2.77. The molecule has 0 aromatic carbocycles. The molecule has 2 heterocycles.